The number of rotatable bonds is 5. The van der Waals surface area contributed by atoms with Crippen LogP contribution in [0.5, 0.6) is 0 Å². The van der Waals surface area contributed by atoms with Gasteiger partial charge in [-0.3, -0.25) is 10.2 Å². The van der Waals surface area contributed by atoms with Gasteiger partial charge in [0, 0.05) is 12.7 Å². The van der Waals surface area contributed by atoms with Crippen LogP contribution in [0, 0.1) is 0 Å². The van der Waals surface area contributed by atoms with Crippen LogP contribution in [0.4, 0.5) is 10.6 Å². The van der Waals surface area contributed by atoms with E-state index < -0.39 is 0 Å². The van der Waals surface area contributed by atoms with Crippen molar-refractivity contribution in [1.29, 1.82) is 0 Å². The fraction of sp³-hybridized carbons (Fsp3) is 0.375. The molecule has 1 atom stereocenters. The largest absolute Gasteiger partial charge is 0.468 e. The summed E-state index contributed by atoms with van der Waals surface area (Å²) in [4.78, 5) is 18.4. The molecule has 6 nitrogen and oxygen atoms in total. The van der Waals surface area contributed by atoms with Gasteiger partial charge in [0.25, 0.3) is 0 Å². The maximum absolute atomic E-state index is 12.0. The van der Waals surface area contributed by atoms with Crippen molar-refractivity contribution in [2.75, 3.05) is 25.0 Å². The molecule has 0 aliphatic carbocycles. The van der Waals surface area contributed by atoms with Crippen molar-refractivity contribution in [2.24, 2.45) is 0 Å². The molecule has 2 aromatic heterocycles. The van der Waals surface area contributed by atoms with Gasteiger partial charge in [-0.15, -0.1) is 0 Å². The van der Waals surface area contributed by atoms with Gasteiger partial charge in [-0.2, -0.15) is 0 Å². The Kier molecular flexibility index (Phi) is 4.70. The number of carbonyl (C=O) groups is 1. The topological polar surface area (TPSA) is 70.4 Å². The number of likely N-dealkylation sites (tertiary alicyclic amines) is 1. The first-order valence-electron chi connectivity index (χ1n) is 7.56. The summed E-state index contributed by atoms with van der Waals surface area (Å²) in [5, 5.41) is 5.63. The number of nitrogens with one attached hydrogen (secondary N) is 2. The Bertz CT molecular complexity index is 579. The van der Waals surface area contributed by atoms with E-state index in [9.17, 15) is 4.79 Å². The molecule has 1 fully saturated rings. The zero-order valence-corrected chi connectivity index (χ0v) is 12.4. The first-order chi connectivity index (χ1) is 10.8. The van der Waals surface area contributed by atoms with Crippen LogP contribution in [0.3, 0.4) is 0 Å². The summed E-state index contributed by atoms with van der Waals surface area (Å²) in [6.07, 6.45) is 5.70. The quantitative estimate of drug-likeness (QED) is 0.890. The molecule has 22 heavy (non-hydrogen) atoms. The van der Waals surface area contributed by atoms with Crippen LogP contribution >= 0.6 is 0 Å². The first-order valence-corrected chi connectivity index (χ1v) is 7.56. The van der Waals surface area contributed by atoms with E-state index in [-0.39, 0.29) is 12.1 Å². The summed E-state index contributed by atoms with van der Waals surface area (Å²) >= 11 is 0. The third-order valence-corrected chi connectivity index (χ3v) is 3.82. The van der Waals surface area contributed by atoms with Gasteiger partial charge in [-0.1, -0.05) is 6.07 Å². The molecule has 0 bridgehead atoms. The van der Waals surface area contributed by atoms with E-state index in [1.54, 1.807) is 18.5 Å². The Hall–Kier alpha value is -2.34. The summed E-state index contributed by atoms with van der Waals surface area (Å²) in [5.41, 5.74) is 0. The smallest absolute Gasteiger partial charge is 0.320 e. The Morgan fingerprint density at radius 1 is 1.27 bits per heavy atom. The van der Waals surface area contributed by atoms with Crippen molar-refractivity contribution in [3.05, 3.63) is 48.6 Å². The Morgan fingerprint density at radius 2 is 2.14 bits per heavy atom. The highest BCUT2D eigenvalue weighted by Gasteiger charge is 2.25. The van der Waals surface area contributed by atoms with Crippen LogP contribution in [0.25, 0.3) is 0 Å². The van der Waals surface area contributed by atoms with Gasteiger partial charge in [0.2, 0.25) is 0 Å². The first kappa shape index (κ1) is 14.6. The number of furan rings is 1. The van der Waals surface area contributed by atoms with Gasteiger partial charge in [0.15, 0.2) is 0 Å². The zero-order chi connectivity index (χ0) is 15.2. The summed E-state index contributed by atoms with van der Waals surface area (Å²) in [6.45, 7) is 2.58. The Morgan fingerprint density at radius 3 is 2.82 bits per heavy atom. The van der Waals surface area contributed by atoms with Gasteiger partial charge in [-0.25, -0.2) is 9.78 Å². The summed E-state index contributed by atoms with van der Waals surface area (Å²) < 4.78 is 5.53. The van der Waals surface area contributed by atoms with Crippen LogP contribution < -0.4 is 10.6 Å². The second kappa shape index (κ2) is 7.09. The molecule has 3 rings (SSSR count). The van der Waals surface area contributed by atoms with E-state index in [4.69, 9.17) is 4.42 Å². The van der Waals surface area contributed by atoms with Crippen molar-refractivity contribution in [1.82, 2.24) is 15.2 Å². The molecule has 2 amide bonds. The maximum Gasteiger partial charge on any atom is 0.320 e. The molecule has 0 saturated carbocycles. The van der Waals surface area contributed by atoms with E-state index in [1.165, 1.54) is 12.8 Å². The number of hydrogen-bond donors (Lipinski definition) is 2. The number of hydrogen-bond acceptors (Lipinski definition) is 4. The lowest BCUT2D eigenvalue weighted by atomic mass is 10.2. The molecule has 2 N–H and O–H groups in total. The van der Waals surface area contributed by atoms with Crippen molar-refractivity contribution in [3.8, 4) is 0 Å². The van der Waals surface area contributed by atoms with Crippen molar-refractivity contribution < 1.29 is 9.21 Å². The van der Waals surface area contributed by atoms with E-state index in [0.29, 0.717) is 12.4 Å². The molecule has 0 radical (unpaired) electrons. The van der Waals surface area contributed by atoms with E-state index in [1.807, 2.05) is 24.3 Å². The second-order valence-corrected chi connectivity index (χ2v) is 5.32. The van der Waals surface area contributed by atoms with Gasteiger partial charge < -0.3 is 9.73 Å². The summed E-state index contributed by atoms with van der Waals surface area (Å²) in [7, 11) is 0. The van der Waals surface area contributed by atoms with Crippen LogP contribution in [0.2, 0.25) is 0 Å². The molecule has 6 heteroatoms. The highest BCUT2D eigenvalue weighted by Crippen LogP contribution is 2.24. The number of aromatic nitrogens is 1. The molecule has 1 aliphatic rings. The fourth-order valence-corrected chi connectivity index (χ4v) is 2.73. The number of nitrogens with zero attached hydrogens (tertiary/aromatic N) is 2. The van der Waals surface area contributed by atoms with E-state index in [2.05, 4.69) is 20.5 Å². The van der Waals surface area contributed by atoms with Crippen LogP contribution in [-0.4, -0.2) is 35.5 Å². The fourth-order valence-electron chi connectivity index (χ4n) is 2.73. The maximum atomic E-state index is 12.0. The number of urea groups is 1. The molecule has 3 heterocycles. The summed E-state index contributed by atoms with van der Waals surface area (Å²) in [5.74, 6) is 1.43. The normalized spacial score (nSPS) is 16.4. The van der Waals surface area contributed by atoms with Gasteiger partial charge in [0.1, 0.15) is 11.6 Å². The molecular weight excluding hydrogens is 280 g/mol. The molecule has 0 spiro atoms. The molecule has 0 unspecified atom stereocenters. The average molecular weight is 300 g/mol. The SMILES string of the molecule is O=C(NC[C@@H](c1ccco1)N1CCCC1)Nc1ccccn1. The average Bonchev–Trinajstić information content (AvgIpc) is 3.22. The van der Waals surface area contributed by atoms with Crippen LogP contribution in [0.1, 0.15) is 24.6 Å². The van der Waals surface area contributed by atoms with Crippen molar-refractivity contribution >= 4 is 11.8 Å². The Balaban J connectivity index is 1.58. The van der Waals surface area contributed by atoms with E-state index >= 15 is 0 Å². The standard InChI is InChI=1S/C16H20N4O2/c21-16(19-15-7-1-2-8-17-15)18-12-13(14-6-5-11-22-14)20-9-3-4-10-20/h1-2,5-8,11,13H,3-4,9-10,12H2,(H2,17,18,19,21)/t13-/m0/s1. The molecular formula is C16H20N4O2. The lowest BCUT2D eigenvalue weighted by Crippen LogP contribution is -2.38. The van der Waals surface area contributed by atoms with E-state index in [0.717, 1.165) is 18.8 Å². The number of pyridine rings is 1. The van der Waals surface area contributed by atoms with Crippen molar-refractivity contribution in [2.45, 2.75) is 18.9 Å². The second-order valence-electron chi connectivity index (χ2n) is 5.32. The minimum absolute atomic E-state index is 0.0759. The molecule has 116 valence electrons. The highest BCUT2D eigenvalue weighted by molar-refractivity contribution is 5.88. The number of amides is 2. The molecule has 1 saturated heterocycles. The minimum atomic E-state index is -0.255. The third kappa shape index (κ3) is 3.65. The van der Waals surface area contributed by atoms with Crippen LogP contribution in [0.15, 0.2) is 47.2 Å². The highest BCUT2D eigenvalue weighted by atomic mass is 16.3. The lowest BCUT2D eigenvalue weighted by Gasteiger charge is -2.25. The lowest BCUT2D eigenvalue weighted by molar-refractivity contribution is 0.207. The number of anilines is 1. The van der Waals surface area contributed by atoms with Crippen molar-refractivity contribution in [3.63, 3.8) is 0 Å². The van der Waals surface area contributed by atoms with Gasteiger partial charge >= 0.3 is 6.03 Å². The summed E-state index contributed by atoms with van der Waals surface area (Å²) in [6, 6.07) is 9.06. The monoisotopic (exact) mass is 300 g/mol. The minimum Gasteiger partial charge on any atom is -0.468 e. The zero-order valence-electron chi connectivity index (χ0n) is 12.4. The van der Waals surface area contributed by atoms with Gasteiger partial charge in [-0.05, 0) is 50.2 Å². The number of carbonyl (C=O) groups excluding carboxylic acids is 1. The molecule has 0 aromatic carbocycles. The third-order valence-electron chi connectivity index (χ3n) is 3.82. The predicted octanol–water partition coefficient (Wildman–Crippen LogP) is 2.63. The molecule has 2 aromatic rings. The Labute approximate surface area is 129 Å². The predicted molar refractivity (Wildman–Crippen MR) is 83.5 cm³/mol. The van der Waals surface area contributed by atoms with Gasteiger partial charge in [0.05, 0.1) is 12.3 Å². The van der Waals surface area contributed by atoms with Crippen LogP contribution in [-0.2, 0) is 0 Å². The molecule has 1 aliphatic heterocycles.